The molecule has 0 aliphatic rings. The molecule has 0 fully saturated rings. The topological polar surface area (TPSA) is 80.3 Å². The molecule has 6 nitrogen and oxygen atoms in total. The van der Waals surface area contributed by atoms with Crippen molar-refractivity contribution < 1.29 is 21.9 Å². The number of ether oxygens (including phenoxy) is 1. The number of hydrogen-bond donors (Lipinski definition) is 2. The van der Waals surface area contributed by atoms with E-state index in [0.29, 0.717) is 12.4 Å². The zero-order valence-corrected chi connectivity index (χ0v) is 12.8. The van der Waals surface area contributed by atoms with Gasteiger partial charge in [0.25, 0.3) is 6.43 Å². The summed E-state index contributed by atoms with van der Waals surface area (Å²) in [6.45, 7) is 1.44. The van der Waals surface area contributed by atoms with Crippen LogP contribution in [0, 0.1) is 0 Å². The number of rotatable bonds is 9. The van der Waals surface area contributed by atoms with Gasteiger partial charge in [-0.05, 0) is 13.0 Å². The normalized spacial score (nSPS) is 11.9. The van der Waals surface area contributed by atoms with Crippen LogP contribution in [0.2, 0.25) is 5.02 Å². The molecule has 0 aromatic carbocycles. The molecule has 1 aromatic heterocycles. The van der Waals surface area contributed by atoms with Crippen molar-refractivity contribution in [2.45, 2.75) is 18.2 Å². The largest absolute Gasteiger partial charge is 0.374 e. The molecule has 120 valence electrons. The maximum absolute atomic E-state index is 11.9. The van der Waals surface area contributed by atoms with Crippen molar-refractivity contribution >= 4 is 27.4 Å². The number of nitrogens with one attached hydrogen (secondary N) is 2. The Bertz CT molecular complexity index is 558. The van der Waals surface area contributed by atoms with E-state index < -0.39 is 23.1 Å². The van der Waals surface area contributed by atoms with E-state index in [1.165, 1.54) is 6.07 Å². The summed E-state index contributed by atoms with van der Waals surface area (Å²) in [6, 6.07) is 1.26. The van der Waals surface area contributed by atoms with Crippen LogP contribution in [0.1, 0.15) is 6.92 Å². The van der Waals surface area contributed by atoms with Crippen LogP contribution in [-0.4, -0.2) is 46.1 Å². The number of anilines is 1. The molecule has 0 amide bonds. The summed E-state index contributed by atoms with van der Waals surface area (Å²) in [6.07, 6.45) is -1.42. The molecule has 0 saturated heterocycles. The maximum Gasteiger partial charge on any atom is 0.261 e. The second-order valence-corrected chi connectivity index (χ2v) is 6.07. The Morgan fingerprint density at radius 2 is 2.19 bits per heavy atom. The summed E-state index contributed by atoms with van der Waals surface area (Å²) >= 11 is 5.91. The highest BCUT2D eigenvalue weighted by atomic mass is 35.5. The van der Waals surface area contributed by atoms with Gasteiger partial charge in [0.1, 0.15) is 17.3 Å². The van der Waals surface area contributed by atoms with Gasteiger partial charge >= 0.3 is 0 Å². The first-order chi connectivity index (χ1) is 9.86. The summed E-state index contributed by atoms with van der Waals surface area (Å²) in [4.78, 5) is 3.80. The lowest BCUT2D eigenvalue weighted by Crippen LogP contribution is -2.28. The number of alkyl halides is 2. The zero-order valence-electron chi connectivity index (χ0n) is 11.3. The summed E-state index contributed by atoms with van der Waals surface area (Å²) in [7, 11) is -3.81. The number of pyridine rings is 1. The van der Waals surface area contributed by atoms with E-state index in [4.69, 9.17) is 11.6 Å². The monoisotopic (exact) mass is 343 g/mol. The number of halogens is 3. The fourth-order valence-electron chi connectivity index (χ4n) is 1.37. The Labute approximate surface area is 126 Å². The lowest BCUT2D eigenvalue weighted by molar-refractivity contribution is 0.0199. The fourth-order valence-corrected chi connectivity index (χ4v) is 2.65. The van der Waals surface area contributed by atoms with Crippen molar-refractivity contribution in [1.29, 1.82) is 0 Å². The lowest BCUT2D eigenvalue weighted by Gasteiger charge is -2.09. The fraction of sp³-hybridized carbons (Fsp3) is 0.545. The van der Waals surface area contributed by atoms with Crippen LogP contribution in [0.15, 0.2) is 17.2 Å². The third-order valence-corrected chi connectivity index (χ3v) is 3.97. The van der Waals surface area contributed by atoms with Gasteiger partial charge in [0, 0.05) is 19.3 Å². The van der Waals surface area contributed by atoms with Gasteiger partial charge in [-0.15, -0.1) is 0 Å². The standard InChI is InChI=1S/C11H16ClF2N3O3S/c1-2-15-11-9(12)5-8(6-16-11)21(18,19)17-3-4-20-7-10(13)14/h5-6,10,17H,2-4,7H2,1H3,(H,15,16). The minimum Gasteiger partial charge on any atom is -0.374 e. The molecule has 0 saturated carbocycles. The molecule has 0 aliphatic carbocycles. The average molecular weight is 344 g/mol. The lowest BCUT2D eigenvalue weighted by atomic mass is 10.4. The van der Waals surface area contributed by atoms with Gasteiger partial charge < -0.3 is 10.1 Å². The van der Waals surface area contributed by atoms with Crippen LogP contribution in [0.3, 0.4) is 0 Å². The van der Waals surface area contributed by atoms with Crippen LogP contribution < -0.4 is 10.0 Å². The van der Waals surface area contributed by atoms with Gasteiger partial charge in [-0.1, -0.05) is 11.6 Å². The molecule has 10 heteroatoms. The van der Waals surface area contributed by atoms with Crippen LogP contribution in [0.5, 0.6) is 0 Å². The summed E-state index contributed by atoms with van der Waals surface area (Å²) in [5.41, 5.74) is 0. The molecule has 21 heavy (non-hydrogen) atoms. The van der Waals surface area contributed by atoms with Gasteiger partial charge in [0.2, 0.25) is 10.0 Å². The molecule has 1 rings (SSSR count). The first-order valence-corrected chi connectivity index (χ1v) is 7.98. The number of aromatic nitrogens is 1. The molecule has 0 spiro atoms. The minimum atomic E-state index is -3.81. The molecule has 0 bridgehead atoms. The summed E-state index contributed by atoms with van der Waals surface area (Å²) in [5.74, 6) is 0.387. The SMILES string of the molecule is CCNc1ncc(S(=O)(=O)NCCOCC(F)F)cc1Cl. The zero-order chi connectivity index (χ0) is 15.9. The molecule has 0 unspecified atom stereocenters. The van der Waals surface area contributed by atoms with E-state index in [9.17, 15) is 17.2 Å². The summed E-state index contributed by atoms with van der Waals surface area (Å²) < 4.78 is 54.2. The highest BCUT2D eigenvalue weighted by Gasteiger charge is 2.16. The Morgan fingerprint density at radius 1 is 1.48 bits per heavy atom. The van der Waals surface area contributed by atoms with E-state index in [1.807, 2.05) is 6.92 Å². The average Bonchev–Trinajstić information content (AvgIpc) is 2.40. The molecule has 1 heterocycles. The molecule has 1 aromatic rings. The smallest absolute Gasteiger partial charge is 0.261 e. The van der Waals surface area contributed by atoms with Gasteiger partial charge in [-0.2, -0.15) is 0 Å². The van der Waals surface area contributed by atoms with E-state index >= 15 is 0 Å². The molecule has 0 atom stereocenters. The molecule has 0 radical (unpaired) electrons. The Morgan fingerprint density at radius 3 is 2.76 bits per heavy atom. The predicted octanol–water partition coefficient (Wildman–Crippen LogP) is 1.73. The van der Waals surface area contributed by atoms with Crippen LogP contribution in [0.25, 0.3) is 0 Å². The predicted molar refractivity (Wildman–Crippen MR) is 75.4 cm³/mol. The van der Waals surface area contributed by atoms with E-state index in [2.05, 4.69) is 19.8 Å². The van der Waals surface area contributed by atoms with Gasteiger partial charge in [0.05, 0.1) is 11.6 Å². The van der Waals surface area contributed by atoms with Crippen molar-refractivity contribution in [1.82, 2.24) is 9.71 Å². The number of sulfonamides is 1. The van der Waals surface area contributed by atoms with Crippen molar-refractivity contribution in [3.05, 3.63) is 17.3 Å². The quantitative estimate of drug-likeness (QED) is 0.667. The van der Waals surface area contributed by atoms with Crippen molar-refractivity contribution in [3.63, 3.8) is 0 Å². The second-order valence-electron chi connectivity index (χ2n) is 3.90. The third kappa shape index (κ3) is 6.08. The Kier molecular flexibility index (Phi) is 7.23. The maximum atomic E-state index is 11.9. The van der Waals surface area contributed by atoms with Crippen LogP contribution in [0.4, 0.5) is 14.6 Å². The summed E-state index contributed by atoms with van der Waals surface area (Å²) in [5, 5.41) is 3.05. The van der Waals surface area contributed by atoms with Crippen LogP contribution >= 0.6 is 11.6 Å². The first kappa shape index (κ1) is 18.0. The van der Waals surface area contributed by atoms with E-state index in [1.54, 1.807) is 0 Å². The van der Waals surface area contributed by atoms with Gasteiger partial charge in [-0.3, -0.25) is 0 Å². The Hall–Kier alpha value is -1.03. The highest BCUT2D eigenvalue weighted by Crippen LogP contribution is 2.22. The second kappa shape index (κ2) is 8.42. The van der Waals surface area contributed by atoms with Crippen LogP contribution in [-0.2, 0) is 14.8 Å². The Balaban J connectivity index is 2.60. The third-order valence-electron chi connectivity index (χ3n) is 2.25. The number of hydrogen-bond acceptors (Lipinski definition) is 5. The first-order valence-electron chi connectivity index (χ1n) is 6.11. The number of nitrogens with zero attached hydrogens (tertiary/aromatic N) is 1. The molecule has 0 aliphatic heterocycles. The molecular formula is C11H16ClF2N3O3S. The van der Waals surface area contributed by atoms with Gasteiger partial charge in [0.15, 0.2) is 0 Å². The van der Waals surface area contributed by atoms with Crippen molar-refractivity contribution in [3.8, 4) is 0 Å². The molecular weight excluding hydrogens is 328 g/mol. The van der Waals surface area contributed by atoms with Crippen molar-refractivity contribution in [2.75, 3.05) is 31.6 Å². The molecule has 2 N–H and O–H groups in total. The van der Waals surface area contributed by atoms with E-state index in [0.717, 1.165) is 6.20 Å². The van der Waals surface area contributed by atoms with E-state index in [-0.39, 0.29) is 23.1 Å². The highest BCUT2D eigenvalue weighted by molar-refractivity contribution is 7.89. The minimum absolute atomic E-state index is 0.108. The van der Waals surface area contributed by atoms with Gasteiger partial charge in [-0.25, -0.2) is 26.9 Å². The van der Waals surface area contributed by atoms with Crippen molar-refractivity contribution in [2.24, 2.45) is 0 Å².